The van der Waals surface area contributed by atoms with Crippen LogP contribution in [0.3, 0.4) is 0 Å². The smallest absolute Gasteiger partial charge is 0.332 e. The van der Waals surface area contributed by atoms with Crippen molar-refractivity contribution >= 4 is 23.8 Å². The van der Waals surface area contributed by atoms with Crippen molar-refractivity contribution in [3.05, 3.63) is 0 Å². The van der Waals surface area contributed by atoms with Crippen LogP contribution in [0.25, 0.3) is 0 Å². The number of aliphatic hydroxyl groups excluding tert-OH is 1. The first-order valence-corrected chi connectivity index (χ1v) is 6.31. The van der Waals surface area contributed by atoms with Gasteiger partial charge in [0.2, 0.25) is 0 Å². The first kappa shape index (κ1) is 15.0. The molecule has 0 saturated carbocycles. The monoisotopic (exact) mass is 250 g/mol. The number of hydrogen-bond donors (Lipinski definition) is 4. The number of carbonyl (C=O) groups is 2. The van der Waals surface area contributed by atoms with Crippen LogP contribution in [0.5, 0.6) is 0 Å². The van der Waals surface area contributed by atoms with Gasteiger partial charge in [0.1, 0.15) is 0 Å². The molecule has 2 atom stereocenters. The van der Waals surface area contributed by atoms with Gasteiger partial charge in [-0.3, -0.25) is 0 Å². The summed E-state index contributed by atoms with van der Waals surface area (Å²) in [6.07, 6.45) is 0.516. The number of hydrogen-bond acceptors (Lipinski definition) is 4. The van der Waals surface area contributed by atoms with Gasteiger partial charge in [0.05, 0.1) is 0 Å². The number of aliphatic hydroxyl groups is 1. The van der Waals surface area contributed by atoms with Crippen molar-refractivity contribution in [2.24, 2.45) is 0 Å². The van der Waals surface area contributed by atoms with E-state index in [0.717, 1.165) is 5.75 Å². The van der Waals surface area contributed by atoms with E-state index in [4.69, 9.17) is 10.2 Å². The maximum absolute atomic E-state index is 11.2. The topological polar surface area (TPSA) is 98.7 Å². The number of carboxylic acids is 1. The number of thioether (sulfide) groups is 1. The average molecular weight is 250 g/mol. The minimum absolute atomic E-state index is 0.000335. The third-order valence-corrected chi connectivity index (χ3v) is 2.62. The predicted molar refractivity (Wildman–Crippen MR) is 62.6 cm³/mol. The number of nitrogens with one attached hydrogen (secondary N) is 2. The fourth-order valence-corrected chi connectivity index (χ4v) is 1.60. The van der Waals surface area contributed by atoms with Crippen LogP contribution < -0.4 is 10.6 Å². The molecule has 4 N–H and O–H groups in total. The first-order chi connectivity index (χ1) is 7.47. The van der Waals surface area contributed by atoms with Crippen molar-refractivity contribution in [1.82, 2.24) is 10.6 Å². The summed E-state index contributed by atoms with van der Waals surface area (Å²) in [6.45, 7) is 2.01. The van der Waals surface area contributed by atoms with Crippen LogP contribution in [0.1, 0.15) is 13.3 Å². The molecule has 94 valence electrons. The van der Waals surface area contributed by atoms with Crippen molar-refractivity contribution in [3.63, 3.8) is 0 Å². The van der Waals surface area contributed by atoms with E-state index in [9.17, 15) is 9.59 Å². The molecule has 0 heterocycles. The normalized spacial score (nSPS) is 13.9. The third-order valence-electron chi connectivity index (χ3n) is 1.78. The van der Waals surface area contributed by atoms with Gasteiger partial charge in [-0.15, -0.1) is 0 Å². The van der Waals surface area contributed by atoms with E-state index in [1.165, 1.54) is 0 Å². The Morgan fingerprint density at radius 3 is 2.56 bits per heavy atom. The standard InChI is InChI=1S/C9H18N2O4S/c1-6(5-16-2)11-9(15)10-4-3-7(12)8(13)14/h6-7,12H,3-5H2,1-2H3,(H,13,14)(H2,10,11,15). The van der Waals surface area contributed by atoms with Crippen molar-refractivity contribution < 1.29 is 19.8 Å². The Kier molecular flexibility index (Phi) is 7.74. The molecule has 0 saturated heterocycles. The zero-order chi connectivity index (χ0) is 12.6. The minimum Gasteiger partial charge on any atom is -0.479 e. The Morgan fingerprint density at radius 1 is 1.44 bits per heavy atom. The molecule has 0 aromatic heterocycles. The van der Waals surface area contributed by atoms with Gasteiger partial charge < -0.3 is 20.8 Å². The second-order valence-electron chi connectivity index (χ2n) is 3.40. The number of carbonyl (C=O) groups excluding carboxylic acids is 1. The molecule has 0 radical (unpaired) electrons. The molecule has 0 aliphatic rings. The Balaban J connectivity index is 3.62. The number of carboxylic acid groups (broad SMARTS) is 1. The highest BCUT2D eigenvalue weighted by atomic mass is 32.2. The minimum atomic E-state index is -1.43. The quantitative estimate of drug-likeness (QED) is 0.504. The summed E-state index contributed by atoms with van der Waals surface area (Å²) in [5.74, 6) is -0.469. The maximum atomic E-state index is 11.2. The summed E-state index contributed by atoms with van der Waals surface area (Å²) in [5, 5.41) is 22.5. The summed E-state index contributed by atoms with van der Waals surface area (Å²) in [6, 6.07) is -0.293. The molecule has 2 unspecified atom stereocenters. The lowest BCUT2D eigenvalue weighted by Gasteiger charge is -2.13. The van der Waals surface area contributed by atoms with Crippen LogP contribution in [0, 0.1) is 0 Å². The van der Waals surface area contributed by atoms with Crippen LogP contribution >= 0.6 is 11.8 Å². The molecular formula is C9H18N2O4S. The van der Waals surface area contributed by atoms with Gasteiger partial charge in [0.25, 0.3) is 0 Å². The largest absolute Gasteiger partial charge is 0.479 e. The molecular weight excluding hydrogens is 232 g/mol. The van der Waals surface area contributed by atoms with E-state index in [0.29, 0.717) is 0 Å². The molecule has 0 aromatic carbocycles. The van der Waals surface area contributed by atoms with Crippen molar-refractivity contribution in [2.75, 3.05) is 18.6 Å². The van der Waals surface area contributed by atoms with Gasteiger partial charge in [-0.1, -0.05) is 0 Å². The highest BCUT2D eigenvalue weighted by molar-refractivity contribution is 7.98. The van der Waals surface area contributed by atoms with Gasteiger partial charge in [-0.25, -0.2) is 9.59 Å². The number of urea groups is 1. The Labute approximate surface area is 98.8 Å². The maximum Gasteiger partial charge on any atom is 0.332 e. The van der Waals surface area contributed by atoms with Crippen LogP contribution in [0.2, 0.25) is 0 Å². The Hall–Kier alpha value is -0.950. The molecule has 0 fully saturated rings. The zero-order valence-corrected chi connectivity index (χ0v) is 10.2. The van der Waals surface area contributed by atoms with E-state index >= 15 is 0 Å². The Morgan fingerprint density at radius 2 is 2.06 bits per heavy atom. The van der Waals surface area contributed by atoms with Crippen LogP contribution in [-0.2, 0) is 4.79 Å². The number of rotatable bonds is 7. The van der Waals surface area contributed by atoms with E-state index in [2.05, 4.69) is 10.6 Å². The predicted octanol–water partition coefficient (Wildman–Crippen LogP) is -0.127. The highest BCUT2D eigenvalue weighted by Gasteiger charge is 2.13. The molecule has 0 spiro atoms. The second kappa shape index (κ2) is 8.23. The fraction of sp³-hybridized carbons (Fsp3) is 0.778. The summed E-state index contributed by atoms with van der Waals surface area (Å²) in [4.78, 5) is 21.5. The molecule has 6 nitrogen and oxygen atoms in total. The first-order valence-electron chi connectivity index (χ1n) is 4.91. The van der Waals surface area contributed by atoms with E-state index < -0.39 is 12.1 Å². The van der Waals surface area contributed by atoms with E-state index in [-0.39, 0.29) is 25.0 Å². The lowest BCUT2D eigenvalue weighted by atomic mass is 10.2. The second-order valence-corrected chi connectivity index (χ2v) is 4.31. The van der Waals surface area contributed by atoms with Gasteiger partial charge in [0.15, 0.2) is 6.10 Å². The van der Waals surface area contributed by atoms with Crippen LogP contribution in [-0.4, -0.2) is 52.9 Å². The number of aliphatic carboxylic acids is 1. The van der Waals surface area contributed by atoms with E-state index in [1.807, 2.05) is 13.2 Å². The van der Waals surface area contributed by atoms with Gasteiger partial charge >= 0.3 is 12.0 Å². The zero-order valence-electron chi connectivity index (χ0n) is 9.40. The van der Waals surface area contributed by atoms with Crippen molar-refractivity contribution in [3.8, 4) is 0 Å². The summed E-state index contributed by atoms with van der Waals surface area (Å²) >= 11 is 1.62. The molecule has 0 rings (SSSR count). The molecule has 16 heavy (non-hydrogen) atoms. The lowest BCUT2D eigenvalue weighted by molar-refractivity contribution is -0.146. The number of amides is 2. The molecule has 0 bridgehead atoms. The van der Waals surface area contributed by atoms with Crippen LogP contribution in [0.15, 0.2) is 0 Å². The van der Waals surface area contributed by atoms with Gasteiger partial charge in [0, 0.05) is 24.8 Å². The SMILES string of the molecule is CSCC(C)NC(=O)NCCC(O)C(=O)O. The van der Waals surface area contributed by atoms with Gasteiger partial charge in [-0.2, -0.15) is 11.8 Å². The summed E-state index contributed by atoms with van der Waals surface area (Å²) in [5.41, 5.74) is 0. The fourth-order valence-electron chi connectivity index (χ4n) is 1.01. The molecule has 2 amide bonds. The summed E-state index contributed by atoms with van der Waals surface area (Å²) in [7, 11) is 0. The summed E-state index contributed by atoms with van der Waals surface area (Å²) < 4.78 is 0. The lowest BCUT2D eigenvalue weighted by Crippen LogP contribution is -2.42. The van der Waals surface area contributed by atoms with Crippen molar-refractivity contribution in [1.29, 1.82) is 0 Å². The molecule has 7 heteroatoms. The van der Waals surface area contributed by atoms with E-state index in [1.54, 1.807) is 11.8 Å². The van der Waals surface area contributed by atoms with Crippen molar-refractivity contribution in [2.45, 2.75) is 25.5 Å². The molecule has 0 aliphatic carbocycles. The van der Waals surface area contributed by atoms with Crippen LogP contribution in [0.4, 0.5) is 4.79 Å². The average Bonchev–Trinajstić information content (AvgIpc) is 2.17. The third kappa shape index (κ3) is 7.36. The molecule has 0 aromatic rings. The Bertz CT molecular complexity index is 238. The highest BCUT2D eigenvalue weighted by Crippen LogP contribution is 1.95. The van der Waals surface area contributed by atoms with Gasteiger partial charge in [-0.05, 0) is 13.2 Å². The molecule has 0 aliphatic heterocycles.